The van der Waals surface area contributed by atoms with E-state index < -0.39 is 0 Å². The molecular weight excluding hydrogens is 332 g/mol. The summed E-state index contributed by atoms with van der Waals surface area (Å²) >= 11 is 0. The summed E-state index contributed by atoms with van der Waals surface area (Å²) in [7, 11) is 0. The first-order valence-electron chi connectivity index (χ1n) is 8.59. The highest BCUT2D eigenvalue weighted by molar-refractivity contribution is 5.99. The Morgan fingerprint density at radius 3 is 2.65 bits per heavy atom. The van der Waals surface area contributed by atoms with Crippen LogP contribution in [0.3, 0.4) is 0 Å². The van der Waals surface area contributed by atoms with Crippen molar-refractivity contribution in [2.24, 2.45) is 5.92 Å². The van der Waals surface area contributed by atoms with Crippen LogP contribution in [0.2, 0.25) is 0 Å². The molecule has 1 fully saturated rings. The second-order valence-electron chi connectivity index (χ2n) is 6.71. The number of hydrogen-bond acceptors (Lipinski definition) is 4. The van der Waals surface area contributed by atoms with Crippen LogP contribution in [0.5, 0.6) is 11.5 Å². The lowest BCUT2D eigenvalue weighted by Gasteiger charge is -2.38. The number of nitrogens with zero attached hydrogens (tertiary/aromatic N) is 1. The highest BCUT2D eigenvalue weighted by atomic mass is 16.7. The van der Waals surface area contributed by atoms with Gasteiger partial charge in [0.1, 0.15) is 0 Å². The molecule has 2 aromatic carbocycles. The molecule has 4 rings (SSSR count). The van der Waals surface area contributed by atoms with E-state index in [4.69, 9.17) is 9.47 Å². The van der Waals surface area contributed by atoms with E-state index >= 15 is 0 Å². The smallest absolute Gasteiger partial charge is 0.254 e. The Bertz CT molecular complexity index is 887. The Hall–Kier alpha value is -3.02. The zero-order valence-electron chi connectivity index (χ0n) is 14.7. The molecule has 0 bridgehead atoms. The Morgan fingerprint density at radius 2 is 1.85 bits per heavy atom. The van der Waals surface area contributed by atoms with E-state index in [1.807, 2.05) is 32.0 Å². The summed E-state index contributed by atoms with van der Waals surface area (Å²) in [5.74, 6) is 0.900. The van der Waals surface area contributed by atoms with Gasteiger partial charge in [-0.05, 0) is 49.2 Å². The third-order valence-corrected chi connectivity index (χ3v) is 5.02. The highest BCUT2D eigenvalue weighted by Crippen LogP contribution is 2.33. The largest absolute Gasteiger partial charge is 0.454 e. The van der Waals surface area contributed by atoms with E-state index in [9.17, 15) is 9.59 Å². The lowest BCUT2D eigenvalue weighted by Crippen LogP contribution is -2.54. The van der Waals surface area contributed by atoms with E-state index in [-0.39, 0.29) is 24.5 Å². The quantitative estimate of drug-likeness (QED) is 0.922. The second-order valence-corrected chi connectivity index (χ2v) is 6.71. The van der Waals surface area contributed by atoms with Gasteiger partial charge in [0.2, 0.25) is 12.7 Å². The van der Waals surface area contributed by atoms with Crippen LogP contribution in [0.1, 0.15) is 21.5 Å². The van der Waals surface area contributed by atoms with Crippen molar-refractivity contribution in [2.75, 3.05) is 25.2 Å². The summed E-state index contributed by atoms with van der Waals surface area (Å²) < 4.78 is 10.6. The van der Waals surface area contributed by atoms with Crippen molar-refractivity contribution in [1.82, 2.24) is 4.90 Å². The van der Waals surface area contributed by atoms with E-state index in [2.05, 4.69) is 5.32 Å². The average molecular weight is 352 g/mol. The Labute approximate surface area is 151 Å². The number of benzene rings is 2. The van der Waals surface area contributed by atoms with Crippen molar-refractivity contribution in [3.8, 4) is 11.5 Å². The zero-order chi connectivity index (χ0) is 18.3. The molecule has 0 aromatic heterocycles. The fourth-order valence-corrected chi connectivity index (χ4v) is 3.14. The number of carbonyl (C=O) groups is 2. The van der Waals surface area contributed by atoms with Gasteiger partial charge in [0.05, 0.1) is 5.92 Å². The maximum Gasteiger partial charge on any atom is 0.254 e. The Balaban J connectivity index is 1.36. The molecule has 134 valence electrons. The number of aryl methyl sites for hydroxylation is 1. The van der Waals surface area contributed by atoms with Gasteiger partial charge in [-0.3, -0.25) is 9.59 Å². The number of hydrogen-bond donors (Lipinski definition) is 1. The van der Waals surface area contributed by atoms with Gasteiger partial charge in [0.25, 0.3) is 5.91 Å². The standard InChI is InChI=1S/C20H20N2O4/c1-12-4-3-5-16(13(12)2)21-19(23)15-9-22(10-15)20(24)14-6-7-17-18(8-14)26-11-25-17/h3-8,15H,9-11H2,1-2H3,(H,21,23). The molecule has 6 heteroatoms. The monoisotopic (exact) mass is 352 g/mol. The third kappa shape index (κ3) is 2.87. The molecular formula is C20H20N2O4. The normalized spacial score (nSPS) is 15.5. The number of likely N-dealkylation sites (tertiary alicyclic amines) is 1. The molecule has 2 heterocycles. The summed E-state index contributed by atoms with van der Waals surface area (Å²) in [6.07, 6.45) is 0. The van der Waals surface area contributed by atoms with Gasteiger partial charge < -0.3 is 19.7 Å². The average Bonchev–Trinajstić information content (AvgIpc) is 3.05. The van der Waals surface area contributed by atoms with E-state index in [0.29, 0.717) is 30.2 Å². The molecule has 0 radical (unpaired) electrons. The predicted octanol–water partition coefficient (Wildman–Crippen LogP) is 2.74. The minimum absolute atomic E-state index is 0.0477. The highest BCUT2D eigenvalue weighted by Gasteiger charge is 2.36. The van der Waals surface area contributed by atoms with Crippen LogP contribution < -0.4 is 14.8 Å². The summed E-state index contributed by atoms with van der Waals surface area (Å²) in [5.41, 5.74) is 3.57. The van der Waals surface area contributed by atoms with Crippen LogP contribution in [0, 0.1) is 19.8 Å². The van der Waals surface area contributed by atoms with Crippen LogP contribution in [-0.4, -0.2) is 36.6 Å². The SMILES string of the molecule is Cc1cccc(NC(=O)C2CN(C(=O)c3ccc4c(c3)OCO4)C2)c1C. The molecule has 1 N–H and O–H groups in total. The number of anilines is 1. The van der Waals surface area contributed by atoms with Crippen LogP contribution in [0.25, 0.3) is 0 Å². The van der Waals surface area contributed by atoms with Crippen molar-refractivity contribution < 1.29 is 19.1 Å². The van der Waals surface area contributed by atoms with E-state index in [0.717, 1.165) is 16.8 Å². The van der Waals surface area contributed by atoms with Crippen LogP contribution in [0.4, 0.5) is 5.69 Å². The molecule has 0 atom stereocenters. The first-order chi connectivity index (χ1) is 12.5. The molecule has 26 heavy (non-hydrogen) atoms. The van der Waals surface area contributed by atoms with Crippen LogP contribution in [-0.2, 0) is 4.79 Å². The lowest BCUT2D eigenvalue weighted by molar-refractivity contribution is -0.123. The summed E-state index contributed by atoms with van der Waals surface area (Å²) in [6, 6.07) is 11.0. The number of amides is 2. The minimum atomic E-state index is -0.187. The fraction of sp³-hybridized carbons (Fsp3) is 0.300. The van der Waals surface area contributed by atoms with Crippen LogP contribution >= 0.6 is 0 Å². The minimum Gasteiger partial charge on any atom is -0.454 e. The molecule has 0 unspecified atom stereocenters. The summed E-state index contributed by atoms with van der Waals surface area (Å²) in [5, 5.41) is 2.97. The van der Waals surface area contributed by atoms with Crippen molar-refractivity contribution in [3.63, 3.8) is 0 Å². The first-order valence-corrected chi connectivity index (χ1v) is 8.59. The Kier molecular flexibility index (Phi) is 4.03. The van der Waals surface area contributed by atoms with Gasteiger partial charge in [-0.15, -0.1) is 0 Å². The lowest BCUT2D eigenvalue weighted by atomic mass is 9.97. The topological polar surface area (TPSA) is 67.9 Å². The van der Waals surface area contributed by atoms with Gasteiger partial charge in [-0.25, -0.2) is 0 Å². The number of rotatable bonds is 3. The third-order valence-electron chi connectivity index (χ3n) is 5.02. The molecule has 2 amide bonds. The molecule has 0 spiro atoms. The maximum atomic E-state index is 12.5. The molecule has 6 nitrogen and oxygen atoms in total. The maximum absolute atomic E-state index is 12.5. The predicted molar refractivity (Wildman–Crippen MR) is 96.5 cm³/mol. The first kappa shape index (κ1) is 16.4. The summed E-state index contributed by atoms with van der Waals surface area (Å²) in [6.45, 7) is 5.02. The van der Waals surface area contributed by atoms with Gasteiger partial charge in [0.15, 0.2) is 11.5 Å². The van der Waals surface area contributed by atoms with Gasteiger partial charge in [0, 0.05) is 24.3 Å². The number of nitrogens with one attached hydrogen (secondary N) is 1. The second kappa shape index (κ2) is 6.37. The Morgan fingerprint density at radius 1 is 1.08 bits per heavy atom. The van der Waals surface area contributed by atoms with Gasteiger partial charge in [-0.2, -0.15) is 0 Å². The number of carbonyl (C=O) groups excluding carboxylic acids is 2. The number of ether oxygens (including phenoxy) is 2. The molecule has 1 saturated heterocycles. The molecule has 2 aromatic rings. The van der Waals surface area contributed by atoms with Crippen LogP contribution in [0.15, 0.2) is 36.4 Å². The number of fused-ring (bicyclic) bond motifs is 1. The van der Waals surface area contributed by atoms with Crippen molar-refractivity contribution in [2.45, 2.75) is 13.8 Å². The molecule has 2 aliphatic heterocycles. The van der Waals surface area contributed by atoms with Gasteiger partial charge >= 0.3 is 0 Å². The van der Waals surface area contributed by atoms with Gasteiger partial charge in [-0.1, -0.05) is 12.1 Å². The van der Waals surface area contributed by atoms with E-state index in [1.54, 1.807) is 23.1 Å². The molecule has 0 aliphatic carbocycles. The van der Waals surface area contributed by atoms with E-state index in [1.165, 1.54) is 0 Å². The van der Waals surface area contributed by atoms with Crippen molar-refractivity contribution >= 4 is 17.5 Å². The zero-order valence-corrected chi connectivity index (χ0v) is 14.7. The van der Waals surface area contributed by atoms with Crippen molar-refractivity contribution in [3.05, 3.63) is 53.1 Å². The van der Waals surface area contributed by atoms with Crippen molar-refractivity contribution in [1.29, 1.82) is 0 Å². The fourth-order valence-electron chi connectivity index (χ4n) is 3.14. The summed E-state index contributed by atoms with van der Waals surface area (Å²) in [4.78, 5) is 26.7. The molecule has 2 aliphatic rings. The molecule has 0 saturated carbocycles.